The van der Waals surface area contributed by atoms with Gasteiger partial charge in [-0.05, 0) is 37.2 Å². The van der Waals surface area contributed by atoms with Gasteiger partial charge >= 0.3 is 5.97 Å². The molecule has 0 bridgehead atoms. The Morgan fingerprint density at radius 1 is 1.37 bits per heavy atom. The number of piperidine rings is 1. The molecule has 1 saturated carbocycles. The number of amides is 1. The van der Waals surface area contributed by atoms with Crippen LogP contribution in [0.5, 0.6) is 0 Å². The molecule has 0 aromatic carbocycles. The Hall–Kier alpha value is -1.85. The largest absolute Gasteiger partial charge is 0.480 e. The molecular weight excluding hydrogens is 246 g/mol. The summed E-state index contributed by atoms with van der Waals surface area (Å²) in [6.45, 7) is 1.29. The zero-order chi connectivity index (χ0) is 13.5. The molecule has 3 rings (SSSR count). The summed E-state index contributed by atoms with van der Waals surface area (Å²) in [7, 11) is 0. The lowest BCUT2D eigenvalue weighted by Gasteiger charge is -2.33. The van der Waals surface area contributed by atoms with Crippen molar-refractivity contribution in [1.82, 2.24) is 15.1 Å². The van der Waals surface area contributed by atoms with Gasteiger partial charge in [0.25, 0.3) is 0 Å². The third-order valence-electron chi connectivity index (χ3n) is 4.34. The lowest BCUT2D eigenvalue weighted by molar-refractivity contribution is -0.153. The van der Waals surface area contributed by atoms with Gasteiger partial charge in [-0.2, -0.15) is 5.10 Å². The maximum atomic E-state index is 12.2. The fourth-order valence-corrected chi connectivity index (χ4v) is 2.85. The first-order valence-corrected chi connectivity index (χ1v) is 6.65. The van der Waals surface area contributed by atoms with Crippen molar-refractivity contribution < 1.29 is 14.7 Å². The molecule has 1 aliphatic carbocycles. The average Bonchev–Trinajstić information content (AvgIpc) is 3.07. The van der Waals surface area contributed by atoms with E-state index in [1.54, 1.807) is 4.90 Å². The molecule has 6 nitrogen and oxygen atoms in total. The van der Waals surface area contributed by atoms with E-state index in [0.717, 1.165) is 12.8 Å². The first-order chi connectivity index (χ1) is 9.13. The van der Waals surface area contributed by atoms with Crippen LogP contribution in [0.2, 0.25) is 0 Å². The molecule has 102 valence electrons. The van der Waals surface area contributed by atoms with Crippen LogP contribution in [0.15, 0.2) is 12.4 Å². The number of H-pyrrole nitrogens is 1. The van der Waals surface area contributed by atoms with E-state index in [4.69, 9.17) is 5.11 Å². The van der Waals surface area contributed by atoms with Gasteiger partial charge in [0, 0.05) is 19.3 Å². The van der Waals surface area contributed by atoms with Crippen molar-refractivity contribution in [2.75, 3.05) is 13.1 Å². The zero-order valence-electron chi connectivity index (χ0n) is 10.6. The molecule has 1 amide bonds. The van der Waals surface area contributed by atoms with Crippen molar-refractivity contribution in [3.05, 3.63) is 18.0 Å². The highest BCUT2D eigenvalue weighted by molar-refractivity contribution is 6.04. The van der Waals surface area contributed by atoms with E-state index in [2.05, 4.69) is 10.2 Å². The van der Waals surface area contributed by atoms with E-state index in [-0.39, 0.29) is 5.91 Å². The van der Waals surface area contributed by atoms with E-state index < -0.39 is 11.4 Å². The Balaban J connectivity index is 1.62. The van der Waals surface area contributed by atoms with Gasteiger partial charge in [-0.3, -0.25) is 14.7 Å². The van der Waals surface area contributed by atoms with Crippen LogP contribution in [0.1, 0.15) is 37.2 Å². The molecule has 0 spiro atoms. The van der Waals surface area contributed by atoms with Crippen LogP contribution < -0.4 is 0 Å². The van der Waals surface area contributed by atoms with Gasteiger partial charge in [0.1, 0.15) is 5.41 Å². The van der Waals surface area contributed by atoms with Crippen molar-refractivity contribution in [2.24, 2.45) is 5.41 Å². The molecule has 1 aliphatic heterocycles. The number of aliphatic carboxylic acids is 1. The van der Waals surface area contributed by atoms with Crippen molar-refractivity contribution in [3.63, 3.8) is 0 Å². The smallest absolute Gasteiger partial charge is 0.319 e. The normalized spacial score (nSPS) is 22.2. The minimum atomic E-state index is -1.09. The van der Waals surface area contributed by atoms with Crippen molar-refractivity contribution in [3.8, 4) is 0 Å². The lowest BCUT2D eigenvalue weighted by Crippen LogP contribution is -2.44. The Morgan fingerprint density at radius 2 is 2.05 bits per heavy atom. The van der Waals surface area contributed by atoms with Gasteiger partial charge in [-0.1, -0.05) is 0 Å². The highest BCUT2D eigenvalue weighted by Crippen LogP contribution is 2.48. The molecule has 2 N–H and O–H groups in total. The summed E-state index contributed by atoms with van der Waals surface area (Å²) in [5.41, 5.74) is 0.0779. The number of hydrogen-bond donors (Lipinski definition) is 2. The number of aromatic amines is 1. The number of hydrogen-bond acceptors (Lipinski definition) is 3. The Kier molecular flexibility index (Phi) is 2.80. The molecule has 1 saturated heterocycles. The predicted molar refractivity (Wildman–Crippen MR) is 66.4 cm³/mol. The summed E-state index contributed by atoms with van der Waals surface area (Å²) >= 11 is 0. The number of carbonyl (C=O) groups is 2. The first-order valence-electron chi connectivity index (χ1n) is 6.65. The number of likely N-dealkylation sites (tertiary alicyclic amines) is 1. The molecular formula is C13H17N3O3. The van der Waals surface area contributed by atoms with Gasteiger partial charge in [-0.25, -0.2) is 0 Å². The van der Waals surface area contributed by atoms with Crippen molar-refractivity contribution in [2.45, 2.75) is 31.6 Å². The third-order valence-corrected chi connectivity index (χ3v) is 4.34. The summed E-state index contributed by atoms with van der Waals surface area (Å²) < 4.78 is 0. The Labute approximate surface area is 110 Å². The molecule has 1 aromatic heterocycles. The van der Waals surface area contributed by atoms with E-state index in [9.17, 15) is 9.59 Å². The fourth-order valence-electron chi connectivity index (χ4n) is 2.85. The zero-order valence-corrected chi connectivity index (χ0v) is 10.6. The molecule has 0 atom stereocenters. The molecule has 2 heterocycles. The molecule has 6 heteroatoms. The second kappa shape index (κ2) is 4.36. The number of nitrogens with one attached hydrogen (secondary N) is 1. The molecule has 1 aromatic rings. The van der Waals surface area contributed by atoms with Crippen LogP contribution in [0.3, 0.4) is 0 Å². The maximum Gasteiger partial charge on any atom is 0.319 e. The minimum absolute atomic E-state index is 0.189. The van der Waals surface area contributed by atoms with Gasteiger partial charge in [0.2, 0.25) is 5.91 Å². The summed E-state index contributed by atoms with van der Waals surface area (Å²) in [5.74, 6) is -0.733. The van der Waals surface area contributed by atoms with E-state index >= 15 is 0 Å². The molecule has 0 radical (unpaired) electrons. The minimum Gasteiger partial charge on any atom is -0.480 e. The van der Waals surface area contributed by atoms with Gasteiger partial charge in [0.15, 0.2) is 0 Å². The second-order valence-electron chi connectivity index (χ2n) is 5.49. The summed E-state index contributed by atoms with van der Waals surface area (Å²) in [5, 5.41) is 15.9. The number of carboxylic acid groups (broad SMARTS) is 1. The molecule has 19 heavy (non-hydrogen) atoms. The van der Waals surface area contributed by atoms with Crippen LogP contribution in [-0.4, -0.2) is 45.2 Å². The fraction of sp³-hybridized carbons (Fsp3) is 0.615. The number of aromatic nitrogens is 2. The van der Waals surface area contributed by atoms with Crippen LogP contribution >= 0.6 is 0 Å². The molecule has 2 aliphatic rings. The molecule has 0 unspecified atom stereocenters. The van der Waals surface area contributed by atoms with Crippen LogP contribution in [0, 0.1) is 5.41 Å². The SMILES string of the molecule is O=C(O)C1(C(=O)N2CCC(c3cn[nH]c3)CC2)CC1. The van der Waals surface area contributed by atoms with Crippen molar-refractivity contribution in [1.29, 1.82) is 0 Å². The monoisotopic (exact) mass is 263 g/mol. The number of carbonyl (C=O) groups excluding carboxylic acids is 1. The van der Waals surface area contributed by atoms with E-state index in [1.807, 2.05) is 12.4 Å². The number of nitrogens with zero attached hydrogens (tertiary/aromatic N) is 2. The topological polar surface area (TPSA) is 86.3 Å². The quantitative estimate of drug-likeness (QED) is 0.796. The predicted octanol–water partition coefficient (Wildman–Crippen LogP) is 0.980. The van der Waals surface area contributed by atoms with E-state index in [1.165, 1.54) is 5.56 Å². The Morgan fingerprint density at radius 3 is 2.53 bits per heavy atom. The van der Waals surface area contributed by atoms with Crippen molar-refractivity contribution >= 4 is 11.9 Å². The highest BCUT2D eigenvalue weighted by atomic mass is 16.4. The highest BCUT2D eigenvalue weighted by Gasteiger charge is 2.58. The summed E-state index contributed by atoms with van der Waals surface area (Å²) in [6, 6.07) is 0. The number of rotatable bonds is 3. The van der Waals surface area contributed by atoms with Crippen LogP contribution in [0.25, 0.3) is 0 Å². The third kappa shape index (κ3) is 2.01. The maximum absolute atomic E-state index is 12.2. The van der Waals surface area contributed by atoms with Gasteiger partial charge in [-0.15, -0.1) is 0 Å². The Bertz CT molecular complexity index is 485. The van der Waals surface area contributed by atoms with Crippen LogP contribution in [0.4, 0.5) is 0 Å². The molecule has 2 fully saturated rings. The van der Waals surface area contributed by atoms with Gasteiger partial charge < -0.3 is 10.0 Å². The second-order valence-corrected chi connectivity index (χ2v) is 5.49. The summed E-state index contributed by atoms with van der Waals surface area (Å²) in [6.07, 6.45) is 6.44. The standard InChI is InChI=1S/C13H17N3O3/c17-11(13(3-4-13)12(18)19)16-5-1-9(2-6-16)10-7-14-15-8-10/h7-9H,1-6H2,(H,14,15)(H,18,19). The van der Waals surface area contributed by atoms with Crippen LogP contribution in [-0.2, 0) is 9.59 Å². The summed E-state index contributed by atoms with van der Waals surface area (Å²) in [4.78, 5) is 25.1. The number of carboxylic acids is 1. The first kappa shape index (κ1) is 12.2. The van der Waals surface area contributed by atoms with E-state index in [0.29, 0.717) is 31.8 Å². The average molecular weight is 263 g/mol. The van der Waals surface area contributed by atoms with Gasteiger partial charge in [0.05, 0.1) is 6.20 Å². The lowest BCUT2D eigenvalue weighted by atomic mass is 9.90.